The minimum absolute atomic E-state index is 0.189. The number of aromatic nitrogens is 3. The molecule has 0 spiro atoms. The summed E-state index contributed by atoms with van der Waals surface area (Å²) in [5.74, 6) is 1.09. The number of benzene rings is 1. The first-order valence-electron chi connectivity index (χ1n) is 6.10. The van der Waals surface area contributed by atoms with E-state index < -0.39 is 0 Å². The third-order valence-electron chi connectivity index (χ3n) is 2.46. The fraction of sp³-hybridized carbons (Fsp3) is 0.308. The molecule has 20 heavy (non-hydrogen) atoms. The lowest BCUT2D eigenvalue weighted by Gasteiger charge is -2.09. The van der Waals surface area contributed by atoms with Crippen LogP contribution in [-0.4, -0.2) is 28.6 Å². The van der Waals surface area contributed by atoms with Gasteiger partial charge in [0, 0.05) is 11.0 Å². The molecule has 1 aromatic carbocycles. The predicted octanol–water partition coefficient (Wildman–Crippen LogP) is 3.18. The molecule has 0 bridgehead atoms. The minimum atomic E-state index is 0.189. The third-order valence-corrected chi connectivity index (χ3v) is 2.96. The van der Waals surface area contributed by atoms with Gasteiger partial charge in [-0.15, -0.1) is 4.98 Å². The molecule has 106 valence electrons. The normalized spacial score (nSPS) is 10.2. The van der Waals surface area contributed by atoms with Crippen molar-refractivity contribution in [3.63, 3.8) is 0 Å². The quantitative estimate of drug-likeness (QED) is 0.902. The van der Waals surface area contributed by atoms with Gasteiger partial charge in [-0.05, 0) is 31.5 Å². The molecule has 6 nitrogen and oxygen atoms in total. The number of anilines is 1. The maximum absolute atomic E-state index is 5.71. The van der Waals surface area contributed by atoms with Crippen LogP contribution in [0.15, 0.2) is 22.7 Å². The molecule has 0 atom stereocenters. The van der Waals surface area contributed by atoms with E-state index in [2.05, 4.69) is 36.2 Å². The van der Waals surface area contributed by atoms with Crippen molar-refractivity contribution in [2.24, 2.45) is 0 Å². The van der Waals surface area contributed by atoms with Crippen LogP contribution >= 0.6 is 15.9 Å². The van der Waals surface area contributed by atoms with Gasteiger partial charge in [-0.3, -0.25) is 0 Å². The summed E-state index contributed by atoms with van der Waals surface area (Å²) in [5.41, 5.74) is 0.984. The van der Waals surface area contributed by atoms with Gasteiger partial charge in [0.15, 0.2) is 0 Å². The largest absolute Gasteiger partial charge is 0.467 e. The van der Waals surface area contributed by atoms with Gasteiger partial charge in [-0.25, -0.2) is 0 Å². The monoisotopic (exact) mass is 338 g/mol. The molecule has 1 N–H and O–H groups in total. The molecule has 7 heteroatoms. The van der Waals surface area contributed by atoms with E-state index in [0.29, 0.717) is 18.2 Å². The lowest BCUT2D eigenvalue weighted by atomic mass is 10.2. The Morgan fingerprint density at radius 1 is 1.20 bits per heavy atom. The van der Waals surface area contributed by atoms with Gasteiger partial charge in [-0.1, -0.05) is 22.0 Å². The van der Waals surface area contributed by atoms with Crippen LogP contribution in [-0.2, 0) is 0 Å². The van der Waals surface area contributed by atoms with E-state index >= 15 is 0 Å². The maximum atomic E-state index is 5.71. The Morgan fingerprint density at radius 3 is 2.65 bits per heavy atom. The number of nitrogens with one attached hydrogen (secondary N) is 1. The number of aryl methyl sites for hydroxylation is 1. The number of ether oxygens (including phenoxy) is 2. The molecule has 0 aliphatic rings. The highest BCUT2D eigenvalue weighted by atomic mass is 79.9. The Bertz CT molecular complexity index is 607. The molecule has 0 unspecified atom stereocenters. The molecule has 0 aliphatic carbocycles. The van der Waals surface area contributed by atoms with Crippen molar-refractivity contribution >= 4 is 21.9 Å². The number of hydrogen-bond acceptors (Lipinski definition) is 6. The SMILES string of the molecule is CCNc1nc(OC)nc(Oc2cc(Br)ccc2C)n1. The van der Waals surface area contributed by atoms with Gasteiger partial charge < -0.3 is 14.8 Å². The minimum Gasteiger partial charge on any atom is -0.467 e. The number of methoxy groups -OCH3 is 1. The first-order chi connectivity index (χ1) is 9.62. The third kappa shape index (κ3) is 3.57. The lowest BCUT2D eigenvalue weighted by molar-refractivity contribution is 0.359. The average molecular weight is 339 g/mol. The summed E-state index contributed by atoms with van der Waals surface area (Å²) in [6.07, 6.45) is 0. The summed E-state index contributed by atoms with van der Waals surface area (Å²) in [6.45, 7) is 4.60. The molecular weight excluding hydrogens is 324 g/mol. The lowest BCUT2D eigenvalue weighted by Crippen LogP contribution is -2.06. The fourth-order valence-corrected chi connectivity index (χ4v) is 1.83. The second-order valence-corrected chi connectivity index (χ2v) is 4.89. The highest BCUT2D eigenvalue weighted by molar-refractivity contribution is 9.10. The molecule has 0 amide bonds. The van der Waals surface area contributed by atoms with E-state index in [0.717, 1.165) is 10.0 Å². The van der Waals surface area contributed by atoms with Gasteiger partial charge in [-0.2, -0.15) is 9.97 Å². The van der Waals surface area contributed by atoms with Crippen LogP contribution in [0, 0.1) is 6.92 Å². The molecule has 0 saturated heterocycles. The number of nitrogens with zero attached hydrogens (tertiary/aromatic N) is 3. The van der Waals surface area contributed by atoms with Crippen molar-refractivity contribution in [3.8, 4) is 17.8 Å². The zero-order chi connectivity index (χ0) is 14.5. The molecule has 1 heterocycles. The van der Waals surface area contributed by atoms with Crippen LogP contribution in [0.2, 0.25) is 0 Å². The summed E-state index contributed by atoms with van der Waals surface area (Å²) in [5, 5.41) is 3.00. The topological polar surface area (TPSA) is 69.2 Å². The predicted molar refractivity (Wildman–Crippen MR) is 79.5 cm³/mol. The number of hydrogen-bond donors (Lipinski definition) is 1. The van der Waals surface area contributed by atoms with Crippen molar-refractivity contribution in [3.05, 3.63) is 28.2 Å². The molecule has 0 fully saturated rings. The Labute approximate surface area is 125 Å². The van der Waals surface area contributed by atoms with E-state index in [4.69, 9.17) is 9.47 Å². The molecule has 0 radical (unpaired) electrons. The van der Waals surface area contributed by atoms with Crippen LogP contribution in [0.5, 0.6) is 17.8 Å². The second-order valence-electron chi connectivity index (χ2n) is 3.97. The Balaban J connectivity index is 2.32. The zero-order valence-electron chi connectivity index (χ0n) is 11.5. The highest BCUT2D eigenvalue weighted by Gasteiger charge is 2.10. The second kappa shape index (κ2) is 6.51. The number of halogens is 1. The average Bonchev–Trinajstić information content (AvgIpc) is 2.43. The first kappa shape index (κ1) is 14.5. The summed E-state index contributed by atoms with van der Waals surface area (Å²) >= 11 is 3.41. The van der Waals surface area contributed by atoms with Gasteiger partial charge in [0.05, 0.1) is 7.11 Å². The van der Waals surface area contributed by atoms with Gasteiger partial charge in [0.25, 0.3) is 0 Å². The fourth-order valence-electron chi connectivity index (χ4n) is 1.49. The van der Waals surface area contributed by atoms with Gasteiger partial charge >= 0.3 is 12.0 Å². The van der Waals surface area contributed by atoms with Crippen LogP contribution < -0.4 is 14.8 Å². The van der Waals surface area contributed by atoms with Crippen LogP contribution in [0.1, 0.15) is 12.5 Å². The van der Waals surface area contributed by atoms with E-state index in [1.54, 1.807) is 0 Å². The smallest absolute Gasteiger partial charge is 0.330 e. The van der Waals surface area contributed by atoms with Crippen molar-refractivity contribution in [2.45, 2.75) is 13.8 Å². The van der Waals surface area contributed by atoms with Crippen molar-refractivity contribution < 1.29 is 9.47 Å². The maximum Gasteiger partial charge on any atom is 0.330 e. The molecule has 0 aliphatic heterocycles. The zero-order valence-corrected chi connectivity index (χ0v) is 13.1. The summed E-state index contributed by atoms with van der Waals surface area (Å²) in [6, 6.07) is 6.15. The highest BCUT2D eigenvalue weighted by Crippen LogP contribution is 2.27. The molecular formula is C13H15BrN4O2. The standard InChI is InChI=1S/C13H15BrN4O2/c1-4-15-11-16-12(19-3)18-13(17-11)20-10-7-9(14)6-5-8(10)2/h5-7H,4H2,1-3H3,(H,15,16,17,18). The van der Waals surface area contributed by atoms with E-state index in [-0.39, 0.29) is 12.0 Å². The Kier molecular flexibility index (Phi) is 4.73. The molecule has 0 saturated carbocycles. The van der Waals surface area contributed by atoms with E-state index in [1.165, 1.54) is 7.11 Å². The Morgan fingerprint density at radius 2 is 1.95 bits per heavy atom. The molecule has 2 aromatic rings. The van der Waals surface area contributed by atoms with Crippen molar-refractivity contribution in [1.29, 1.82) is 0 Å². The van der Waals surface area contributed by atoms with Crippen LogP contribution in [0.4, 0.5) is 5.95 Å². The van der Waals surface area contributed by atoms with Crippen molar-refractivity contribution in [1.82, 2.24) is 15.0 Å². The van der Waals surface area contributed by atoms with Gasteiger partial charge in [0.1, 0.15) is 5.75 Å². The van der Waals surface area contributed by atoms with Crippen LogP contribution in [0.25, 0.3) is 0 Å². The summed E-state index contributed by atoms with van der Waals surface area (Å²) in [7, 11) is 1.50. The summed E-state index contributed by atoms with van der Waals surface area (Å²) in [4.78, 5) is 12.3. The number of rotatable bonds is 5. The van der Waals surface area contributed by atoms with Gasteiger partial charge in [0.2, 0.25) is 5.95 Å². The Hall–Kier alpha value is -1.89. The van der Waals surface area contributed by atoms with Crippen LogP contribution in [0.3, 0.4) is 0 Å². The first-order valence-corrected chi connectivity index (χ1v) is 6.89. The van der Waals surface area contributed by atoms with Crippen molar-refractivity contribution in [2.75, 3.05) is 19.0 Å². The summed E-state index contributed by atoms with van der Waals surface area (Å²) < 4.78 is 11.7. The van der Waals surface area contributed by atoms with E-state index in [9.17, 15) is 0 Å². The van der Waals surface area contributed by atoms with E-state index in [1.807, 2.05) is 32.0 Å². The molecule has 1 aromatic heterocycles. The molecule has 2 rings (SSSR count).